The minimum Gasteiger partial charge on any atom is -0.493 e. The van der Waals surface area contributed by atoms with Gasteiger partial charge < -0.3 is 4.74 Å². The monoisotopic (exact) mass is 202 g/mol. The number of pyridine rings is 1. The molecule has 0 unspecified atom stereocenters. The van der Waals surface area contributed by atoms with E-state index in [0.717, 1.165) is 24.7 Å². The average Bonchev–Trinajstić information content (AvgIpc) is 2.22. The minimum absolute atomic E-state index is 0.413. The summed E-state index contributed by atoms with van der Waals surface area (Å²) in [6.45, 7) is 0.750. The molecule has 3 heteroatoms. The van der Waals surface area contributed by atoms with Gasteiger partial charge in [0.1, 0.15) is 17.5 Å². The van der Waals surface area contributed by atoms with Crippen LogP contribution in [0.2, 0.25) is 0 Å². The smallest absolute Gasteiger partial charge is 0.144 e. The second-order valence-electron chi connectivity index (χ2n) is 3.92. The molecular formula is C12H14N2O. The summed E-state index contributed by atoms with van der Waals surface area (Å²) in [5, 5.41) is 8.65. The lowest BCUT2D eigenvalue weighted by atomic mass is 9.83. The van der Waals surface area contributed by atoms with Crippen LogP contribution in [-0.4, -0.2) is 11.6 Å². The zero-order valence-electron chi connectivity index (χ0n) is 8.65. The first-order valence-corrected chi connectivity index (χ1v) is 5.37. The Labute approximate surface area is 89.7 Å². The maximum atomic E-state index is 8.65. The first kappa shape index (κ1) is 9.97. The van der Waals surface area contributed by atoms with E-state index in [1.54, 1.807) is 18.3 Å². The van der Waals surface area contributed by atoms with Crippen LogP contribution in [0.5, 0.6) is 5.75 Å². The second kappa shape index (κ2) is 4.79. The lowest BCUT2D eigenvalue weighted by Crippen LogP contribution is -2.14. The molecule has 1 fully saturated rings. The molecular weight excluding hydrogens is 188 g/mol. The molecule has 78 valence electrons. The van der Waals surface area contributed by atoms with Gasteiger partial charge in [0, 0.05) is 12.3 Å². The first-order valence-electron chi connectivity index (χ1n) is 5.37. The van der Waals surface area contributed by atoms with Crippen molar-refractivity contribution in [3.63, 3.8) is 0 Å². The van der Waals surface area contributed by atoms with Gasteiger partial charge in [0.05, 0.1) is 6.61 Å². The topological polar surface area (TPSA) is 45.9 Å². The third-order valence-electron chi connectivity index (χ3n) is 2.87. The van der Waals surface area contributed by atoms with Crippen molar-refractivity contribution in [1.29, 1.82) is 5.26 Å². The Hall–Kier alpha value is -1.56. The van der Waals surface area contributed by atoms with Gasteiger partial charge in [0.2, 0.25) is 0 Å². The summed E-state index contributed by atoms with van der Waals surface area (Å²) < 4.78 is 5.56. The summed E-state index contributed by atoms with van der Waals surface area (Å²) in [5.74, 6) is 1.61. The summed E-state index contributed by atoms with van der Waals surface area (Å²) in [4.78, 5) is 3.89. The molecule has 0 amide bonds. The van der Waals surface area contributed by atoms with Crippen LogP contribution >= 0.6 is 0 Å². The van der Waals surface area contributed by atoms with E-state index in [0.29, 0.717) is 5.69 Å². The summed E-state index contributed by atoms with van der Waals surface area (Å²) in [6.07, 6.45) is 6.81. The lowest BCUT2D eigenvalue weighted by Gasteiger charge is -2.24. The molecule has 15 heavy (non-hydrogen) atoms. The number of aromatic nitrogens is 1. The molecule has 0 saturated heterocycles. The van der Waals surface area contributed by atoms with Crippen molar-refractivity contribution in [2.24, 2.45) is 5.92 Å². The average molecular weight is 202 g/mol. The number of nitriles is 1. The molecule has 0 aliphatic heterocycles. The van der Waals surface area contributed by atoms with Gasteiger partial charge in [-0.2, -0.15) is 5.26 Å². The highest BCUT2D eigenvalue weighted by Crippen LogP contribution is 2.29. The zero-order chi connectivity index (χ0) is 10.5. The fraction of sp³-hybridized carbons (Fsp3) is 0.500. The van der Waals surface area contributed by atoms with Crippen LogP contribution in [0.1, 0.15) is 31.4 Å². The van der Waals surface area contributed by atoms with E-state index in [4.69, 9.17) is 10.00 Å². The van der Waals surface area contributed by atoms with Gasteiger partial charge in [0.15, 0.2) is 0 Å². The van der Waals surface area contributed by atoms with Gasteiger partial charge in [-0.1, -0.05) is 19.3 Å². The highest BCUT2D eigenvalue weighted by Gasteiger charge is 2.16. The fourth-order valence-electron chi connectivity index (χ4n) is 1.69. The number of rotatable bonds is 4. The zero-order valence-corrected chi connectivity index (χ0v) is 8.65. The summed E-state index contributed by atoms with van der Waals surface area (Å²) in [6, 6.07) is 5.47. The molecule has 1 heterocycles. The summed E-state index contributed by atoms with van der Waals surface area (Å²) in [5.41, 5.74) is 0.413. The predicted molar refractivity (Wildman–Crippen MR) is 56.4 cm³/mol. The van der Waals surface area contributed by atoms with E-state index in [-0.39, 0.29) is 0 Å². The van der Waals surface area contributed by atoms with E-state index in [9.17, 15) is 0 Å². The number of nitrogens with zero attached hydrogens (tertiary/aromatic N) is 2. The molecule has 1 saturated carbocycles. The second-order valence-corrected chi connectivity index (χ2v) is 3.92. The van der Waals surface area contributed by atoms with Crippen LogP contribution in [0.25, 0.3) is 0 Å². The van der Waals surface area contributed by atoms with E-state index < -0.39 is 0 Å². The van der Waals surface area contributed by atoms with Gasteiger partial charge in [-0.3, -0.25) is 0 Å². The predicted octanol–water partition coefficient (Wildman–Crippen LogP) is 2.52. The van der Waals surface area contributed by atoms with Crippen LogP contribution in [0.15, 0.2) is 18.3 Å². The highest BCUT2D eigenvalue weighted by atomic mass is 16.5. The van der Waals surface area contributed by atoms with Crippen molar-refractivity contribution in [2.75, 3.05) is 6.61 Å². The fourth-order valence-corrected chi connectivity index (χ4v) is 1.69. The quantitative estimate of drug-likeness (QED) is 0.753. The van der Waals surface area contributed by atoms with Crippen LogP contribution in [0.3, 0.4) is 0 Å². The normalized spacial score (nSPS) is 15.4. The molecule has 1 aromatic rings. The van der Waals surface area contributed by atoms with Crippen LogP contribution in [0.4, 0.5) is 0 Å². The van der Waals surface area contributed by atoms with E-state index in [2.05, 4.69) is 4.98 Å². The molecule has 0 aromatic carbocycles. The molecule has 0 spiro atoms. The Morgan fingerprint density at radius 1 is 1.53 bits per heavy atom. The Bertz CT molecular complexity index is 366. The van der Waals surface area contributed by atoms with Crippen LogP contribution in [0, 0.1) is 17.2 Å². The van der Waals surface area contributed by atoms with Gasteiger partial charge in [-0.25, -0.2) is 4.98 Å². The Morgan fingerprint density at radius 3 is 3.07 bits per heavy atom. The molecule has 0 N–H and O–H groups in total. The van der Waals surface area contributed by atoms with Gasteiger partial charge in [0.25, 0.3) is 0 Å². The maximum Gasteiger partial charge on any atom is 0.144 e. The van der Waals surface area contributed by atoms with E-state index >= 15 is 0 Å². The number of hydrogen-bond acceptors (Lipinski definition) is 3. The molecule has 1 aliphatic rings. The van der Waals surface area contributed by atoms with Crippen molar-refractivity contribution >= 4 is 0 Å². The molecule has 2 rings (SSSR count). The molecule has 1 aliphatic carbocycles. The molecule has 0 radical (unpaired) electrons. The maximum absolute atomic E-state index is 8.65. The van der Waals surface area contributed by atoms with Crippen LogP contribution < -0.4 is 4.74 Å². The Balaban J connectivity index is 1.79. The van der Waals surface area contributed by atoms with Gasteiger partial charge >= 0.3 is 0 Å². The van der Waals surface area contributed by atoms with Crippen molar-refractivity contribution in [3.8, 4) is 11.8 Å². The van der Waals surface area contributed by atoms with Crippen molar-refractivity contribution < 1.29 is 4.74 Å². The minimum atomic E-state index is 0.413. The Morgan fingerprint density at radius 2 is 2.40 bits per heavy atom. The van der Waals surface area contributed by atoms with E-state index in [1.807, 2.05) is 6.07 Å². The number of ether oxygens (including phenoxy) is 1. The summed E-state index contributed by atoms with van der Waals surface area (Å²) in [7, 11) is 0. The van der Waals surface area contributed by atoms with Gasteiger partial charge in [-0.05, 0) is 18.4 Å². The largest absolute Gasteiger partial charge is 0.493 e. The highest BCUT2D eigenvalue weighted by molar-refractivity contribution is 5.29. The third kappa shape index (κ3) is 2.69. The molecule has 0 bridgehead atoms. The van der Waals surface area contributed by atoms with Crippen molar-refractivity contribution in [3.05, 3.63) is 24.0 Å². The Kier molecular flexibility index (Phi) is 3.18. The molecule has 3 nitrogen and oxygen atoms in total. The first-order chi connectivity index (χ1) is 7.38. The van der Waals surface area contributed by atoms with Gasteiger partial charge in [-0.15, -0.1) is 0 Å². The van der Waals surface area contributed by atoms with Crippen molar-refractivity contribution in [1.82, 2.24) is 4.98 Å². The third-order valence-corrected chi connectivity index (χ3v) is 2.87. The lowest BCUT2D eigenvalue weighted by molar-refractivity contribution is 0.222. The summed E-state index contributed by atoms with van der Waals surface area (Å²) >= 11 is 0. The molecule has 1 aromatic heterocycles. The standard InChI is InChI=1S/C12H14N2O/c13-9-11-8-12(4-6-14-11)15-7-5-10-2-1-3-10/h4,6,8,10H,1-3,5,7H2. The number of hydrogen-bond donors (Lipinski definition) is 0. The molecule has 0 atom stereocenters. The SMILES string of the molecule is N#Cc1cc(OCCC2CCC2)ccn1. The van der Waals surface area contributed by atoms with E-state index in [1.165, 1.54) is 19.3 Å². The van der Waals surface area contributed by atoms with Crippen LogP contribution in [-0.2, 0) is 0 Å². The van der Waals surface area contributed by atoms with Crippen molar-refractivity contribution in [2.45, 2.75) is 25.7 Å².